The van der Waals surface area contributed by atoms with Gasteiger partial charge in [-0.2, -0.15) is 0 Å². The second-order valence-electron chi connectivity index (χ2n) is 15.8. The van der Waals surface area contributed by atoms with E-state index in [0.29, 0.717) is 23.5 Å². The number of hydrogen-bond donors (Lipinski definition) is 1. The topological polar surface area (TPSA) is 113 Å². The van der Waals surface area contributed by atoms with Crippen LogP contribution in [0.5, 0.6) is 11.5 Å². The maximum Gasteiger partial charge on any atom is 0.411 e. The predicted octanol–water partition coefficient (Wildman–Crippen LogP) is 9.45. The van der Waals surface area contributed by atoms with E-state index in [1.807, 2.05) is 6.07 Å². The first kappa shape index (κ1) is 41.8. The van der Waals surface area contributed by atoms with Crippen LogP contribution in [0.1, 0.15) is 89.5 Å². The molecule has 51 heavy (non-hydrogen) atoms. The highest BCUT2D eigenvalue weighted by Gasteiger charge is 2.48. The average molecular weight is 741 g/mol. The highest BCUT2D eigenvalue weighted by molar-refractivity contribution is 6.78. The molecule has 1 saturated heterocycles. The van der Waals surface area contributed by atoms with Crippen molar-refractivity contribution in [3.8, 4) is 11.5 Å². The van der Waals surface area contributed by atoms with Crippen LogP contribution >= 0.6 is 0 Å². The lowest BCUT2D eigenvalue weighted by Gasteiger charge is -2.42. The minimum Gasteiger partial charge on any atom is -0.540 e. The Balaban J connectivity index is 2.11. The van der Waals surface area contributed by atoms with Gasteiger partial charge >= 0.3 is 12.1 Å². The Labute approximate surface area is 307 Å². The molecule has 1 aliphatic rings. The van der Waals surface area contributed by atoms with Crippen molar-refractivity contribution >= 4 is 40.3 Å². The summed E-state index contributed by atoms with van der Waals surface area (Å²) in [7, 11) is -3.14. The Morgan fingerprint density at radius 1 is 0.980 bits per heavy atom. The molecule has 2 atom stereocenters. The molecule has 0 saturated carbocycles. The fourth-order valence-corrected chi connectivity index (χ4v) is 13.0. The first-order valence-electron chi connectivity index (χ1n) is 18.0. The molecule has 1 fully saturated rings. The summed E-state index contributed by atoms with van der Waals surface area (Å²) < 4.78 is 30.7. The quantitative estimate of drug-likeness (QED) is 0.109. The Kier molecular flexibility index (Phi) is 14.2. The smallest absolute Gasteiger partial charge is 0.411 e. The van der Waals surface area contributed by atoms with Gasteiger partial charge in [-0.25, -0.2) is 9.59 Å². The molecule has 2 aromatic carbocycles. The summed E-state index contributed by atoms with van der Waals surface area (Å²) in [5.74, 6) is -0.00384. The van der Waals surface area contributed by atoms with E-state index in [4.69, 9.17) is 23.1 Å². The van der Waals surface area contributed by atoms with Crippen molar-refractivity contribution in [3.05, 3.63) is 66.2 Å². The Bertz CT molecular complexity index is 1500. The van der Waals surface area contributed by atoms with Crippen LogP contribution in [0.2, 0.25) is 34.8 Å². The highest BCUT2D eigenvalue weighted by Crippen LogP contribution is 2.46. The number of methoxy groups -OCH3 is 1. The van der Waals surface area contributed by atoms with Gasteiger partial charge < -0.3 is 28.0 Å². The number of hydrogen-bond acceptors (Lipinski definition) is 8. The van der Waals surface area contributed by atoms with E-state index in [0.717, 1.165) is 0 Å². The van der Waals surface area contributed by atoms with E-state index >= 15 is 0 Å². The molecule has 0 bridgehead atoms. The van der Waals surface area contributed by atoms with Crippen LogP contribution in [-0.4, -0.2) is 78.5 Å². The lowest BCUT2D eigenvalue weighted by Crippen LogP contribution is -2.50. The molecular weight excluding hydrogens is 681 g/mol. The van der Waals surface area contributed by atoms with Crippen LogP contribution in [0.25, 0.3) is 0 Å². The van der Waals surface area contributed by atoms with Gasteiger partial charge in [-0.15, -0.1) is 0 Å². The lowest BCUT2D eigenvalue weighted by atomic mass is 10.1. The number of amides is 2. The lowest BCUT2D eigenvalue weighted by molar-refractivity contribution is 0.0315. The summed E-state index contributed by atoms with van der Waals surface area (Å²) in [4.78, 5) is 42.5. The molecule has 2 amide bonds. The van der Waals surface area contributed by atoms with Crippen LogP contribution in [0.4, 0.5) is 10.5 Å². The monoisotopic (exact) mass is 740 g/mol. The molecule has 1 heterocycles. The van der Waals surface area contributed by atoms with Gasteiger partial charge in [0.2, 0.25) is 0 Å². The summed E-state index contributed by atoms with van der Waals surface area (Å²) >= 11 is 0. The predicted molar refractivity (Wildman–Crippen MR) is 208 cm³/mol. The van der Waals surface area contributed by atoms with Gasteiger partial charge in [0.05, 0.1) is 43.1 Å². The van der Waals surface area contributed by atoms with Crippen molar-refractivity contribution in [2.24, 2.45) is 0 Å². The zero-order chi connectivity index (χ0) is 38.3. The zero-order valence-electron chi connectivity index (χ0n) is 32.8. The number of carbonyl (C=O) groups excluding carboxylic acids is 3. The Hall–Kier alpha value is -3.62. The van der Waals surface area contributed by atoms with Gasteiger partial charge in [0.15, 0.2) is 14.1 Å². The number of likely N-dealkylation sites (tertiary alicyclic amines) is 1. The molecule has 2 unspecified atom stereocenters. The highest BCUT2D eigenvalue weighted by atomic mass is 28.4. The number of ether oxygens (including phenoxy) is 3. The molecule has 0 radical (unpaired) electrons. The number of anilines is 1. The van der Waals surface area contributed by atoms with Gasteiger partial charge in [0, 0.05) is 12.5 Å². The first-order valence-corrected chi connectivity index (χ1v) is 23.0. The largest absolute Gasteiger partial charge is 0.540 e. The van der Waals surface area contributed by atoms with Crippen molar-refractivity contribution in [1.29, 1.82) is 0 Å². The van der Waals surface area contributed by atoms with E-state index in [2.05, 4.69) is 87.3 Å². The molecule has 0 spiro atoms. The Morgan fingerprint density at radius 2 is 1.59 bits per heavy atom. The van der Waals surface area contributed by atoms with Crippen molar-refractivity contribution in [1.82, 2.24) is 4.90 Å². The molecule has 1 aliphatic heterocycles. The van der Waals surface area contributed by atoms with Gasteiger partial charge in [0.1, 0.15) is 18.5 Å². The van der Waals surface area contributed by atoms with Crippen LogP contribution in [0.3, 0.4) is 0 Å². The van der Waals surface area contributed by atoms with Gasteiger partial charge in [0.25, 0.3) is 14.2 Å². The fourth-order valence-electron chi connectivity index (χ4n) is 6.74. The fraction of sp³-hybridized carbons (Fsp3) is 0.564. The molecule has 1 N–H and O–H groups in total. The van der Waals surface area contributed by atoms with Crippen LogP contribution < -0.4 is 14.5 Å². The minimum atomic E-state index is -2.47. The Morgan fingerprint density at radius 3 is 2.12 bits per heavy atom. The van der Waals surface area contributed by atoms with Gasteiger partial charge in [-0.1, -0.05) is 93.2 Å². The molecule has 0 aromatic heterocycles. The number of esters is 1. The summed E-state index contributed by atoms with van der Waals surface area (Å²) in [6, 6.07) is 11.7. The number of carbonyl (C=O) groups is 3. The molecule has 0 aliphatic carbocycles. The van der Waals surface area contributed by atoms with Crippen LogP contribution in [-0.2, 0) is 13.9 Å². The summed E-state index contributed by atoms with van der Waals surface area (Å²) in [6.07, 6.45) is 0.556. The molecule has 2 aromatic rings. The average Bonchev–Trinajstić information content (AvgIpc) is 3.46. The van der Waals surface area contributed by atoms with Crippen molar-refractivity contribution in [2.75, 3.05) is 32.2 Å². The standard InChI is InChI=1S/C39H60N2O8Si2/c1-14-20-46-38(44)40-33-23-35(49-51(26(2)3,27(4)5)28(6)7)34(45-11)22-32(33)36(42)41-24-31(48-37(43)29-18-16-15-17-19-29)21-30(41)25-47-50(12,13)39(8,9)10/h14-19,22-23,26-28,30-31H,1,20-21,24-25H2,2-13H3,(H,40,44). The maximum atomic E-state index is 14.7. The third kappa shape index (κ3) is 9.84. The SMILES string of the molecule is C=CCOC(=O)Nc1cc(O[Si](C(C)C)(C(C)C)C(C)C)c(OC)cc1C(=O)N1CC(OC(=O)c2ccccc2)CC1CO[Si](C)(C)C(C)(C)C. The summed E-state index contributed by atoms with van der Waals surface area (Å²) in [5, 5.41) is 2.74. The third-order valence-electron chi connectivity index (χ3n) is 10.5. The van der Waals surface area contributed by atoms with Crippen molar-refractivity contribution in [3.63, 3.8) is 0 Å². The summed E-state index contributed by atoms with van der Waals surface area (Å²) in [6.45, 7) is 28.0. The number of benzene rings is 2. The molecule has 282 valence electrons. The number of nitrogens with zero attached hydrogens (tertiary/aromatic N) is 1. The number of nitrogens with one attached hydrogen (secondary N) is 1. The normalized spacial score (nSPS) is 16.7. The van der Waals surface area contributed by atoms with Gasteiger partial charge in [-0.3, -0.25) is 10.1 Å². The maximum absolute atomic E-state index is 14.7. The van der Waals surface area contributed by atoms with Crippen LogP contribution in [0.15, 0.2) is 55.1 Å². The second-order valence-corrected chi connectivity index (χ2v) is 26.0. The van der Waals surface area contributed by atoms with E-state index in [-0.39, 0.29) is 58.6 Å². The first-order chi connectivity index (χ1) is 23.8. The third-order valence-corrected chi connectivity index (χ3v) is 20.9. The van der Waals surface area contributed by atoms with Crippen molar-refractivity contribution < 1.29 is 37.4 Å². The molecular formula is C39H60N2O8Si2. The summed E-state index contributed by atoms with van der Waals surface area (Å²) in [5.41, 5.74) is 1.63. The second kappa shape index (κ2) is 17.3. The van der Waals surface area contributed by atoms with Crippen LogP contribution in [0, 0.1) is 0 Å². The minimum absolute atomic E-state index is 0.00779. The van der Waals surface area contributed by atoms with E-state index in [1.54, 1.807) is 41.3 Å². The van der Waals surface area contributed by atoms with E-state index in [9.17, 15) is 14.4 Å². The van der Waals surface area contributed by atoms with Gasteiger partial charge in [-0.05, 0) is 53.0 Å². The van der Waals surface area contributed by atoms with Crippen molar-refractivity contribution in [2.45, 2.75) is 116 Å². The molecule has 3 rings (SSSR count). The zero-order valence-corrected chi connectivity index (χ0v) is 34.8. The molecule has 12 heteroatoms. The van der Waals surface area contributed by atoms with E-state index < -0.39 is 40.8 Å². The molecule has 10 nitrogen and oxygen atoms in total. The van der Waals surface area contributed by atoms with E-state index in [1.165, 1.54) is 13.2 Å². The number of rotatable bonds is 15.